The minimum Gasteiger partial charge on any atom is -0.359 e. The van der Waals surface area contributed by atoms with Gasteiger partial charge in [0.05, 0.1) is 0 Å². The first-order chi connectivity index (χ1) is 9.74. The average Bonchev–Trinajstić information content (AvgIpc) is 3.00. The number of hydrogen-bond donors (Lipinski definition) is 0. The van der Waals surface area contributed by atoms with E-state index in [9.17, 15) is 0 Å². The fourth-order valence-corrected chi connectivity index (χ4v) is 3.46. The summed E-state index contributed by atoms with van der Waals surface area (Å²) in [5.74, 6) is 0. The molecule has 2 atom stereocenters. The van der Waals surface area contributed by atoms with E-state index in [2.05, 4.69) is 82.8 Å². The molecule has 4 nitrogen and oxygen atoms in total. The van der Waals surface area contributed by atoms with E-state index >= 15 is 0 Å². The molecule has 104 valence electrons. The maximum absolute atomic E-state index is 2.38. The second-order valence-corrected chi connectivity index (χ2v) is 5.80. The van der Waals surface area contributed by atoms with Crippen LogP contribution in [0.1, 0.15) is 12.8 Å². The highest BCUT2D eigenvalue weighted by molar-refractivity contribution is 5.64. The molecule has 2 bridgehead atoms. The second-order valence-electron chi connectivity index (χ2n) is 5.80. The number of rotatable bonds is 0. The molecule has 0 radical (unpaired) electrons. The van der Waals surface area contributed by atoms with E-state index in [-0.39, 0.29) is 0 Å². The Balaban J connectivity index is 1.79. The van der Waals surface area contributed by atoms with Gasteiger partial charge in [0.2, 0.25) is 0 Å². The van der Waals surface area contributed by atoms with Crippen molar-refractivity contribution in [1.82, 2.24) is 9.80 Å². The van der Waals surface area contributed by atoms with E-state index in [0.717, 1.165) is 12.8 Å². The summed E-state index contributed by atoms with van der Waals surface area (Å²) in [4.78, 5) is 9.39. The van der Waals surface area contributed by atoms with Gasteiger partial charge in [0.15, 0.2) is 0 Å². The second kappa shape index (κ2) is 4.20. The van der Waals surface area contributed by atoms with Crippen molar-refractivity contribution in [2.24, 2.45) is 0 Å². The van der Waals surface area contributed by atoms with Gasteiger partial charge >= 0.3 is 0 Å². The van der Waals surface area contributed by atoms with Crippen molar-refractivity contribution in [2.75, 3.05) is 23.9 Å². The van der Waals surface area contributed by atoms with E-state index in [4.69, 9.17) is 0 Å². The Morgan fingerprint density at radius 1 is 0.800 bits per heavy atom. The van der Waals surface area contributed by atoms with Gasteiger partial charge in [-0.15, -0.1) is 0 Å². The fourth-order valence-electron chi connectivity index (χ4n) is 3.46. The minimum absolute atomic E-state index is 0.430. The molecule has 0 N–H and O–H groups in total. The Hall–Kier alpha value is -2.10. The predicted octanol–water partition coefficient (Wildman–Crippen LogP) is 2.58. The van der Waals surface area contributed by atoms with Crippen LogP contribution in [0.5, 0.6) is 0 Å². The lowest BCUT2D eigenvalue weighted by molar-refractivity contribution is 0.280. The van der Waals surface area contributed by atoms with Crippen LogP contribution < -0.4 is 9.80 Å². The van der Waals surface area contributed by atoms with Gasteiger partial charge in [-0.2, -0.15) is 0 Å². The zero-order valence-corrected chi connectivity index (χ0v) is 12.0. The van der Waals surface area contributed by atoms with Crippen LogP contribution in [-0.2, 0) is 0 Å². The fraction of sp³-hybridized carbons (Fsp3) is 0.375. The van der Waals surface area contributed by atoms with Gasteiger partial charge in [0.1, 0.15) is 12.3 Å². The topological polar surface area (TPSA) is 13.0 Å². The highest BCUT2D eigenvalue weighted by Gasteiger charge is 2.32. The molecule has 0 aromatic heterocycles. The van der Waals surface area contributed by atoms with E-state index in [1.54, 1.807) is 0 Å². The van der Waals surface area contributed by atoms with Crippen molar-refractivity contribution in [1.29, 1.82) is 0 Å². The molecule has 20 heavy (non-hydrogen) atoms. The monoisotopic (exact) mass is 268 g/mol. The summed E-state index contributed by atoms with van der Waals surface area (Å²) in [6.45, 7) is 0. The molecule has 0 fully saturated rings. The maximum atomic E-state index is 2.38. The molecule has 0 aliphatic carbocycles. The zero-order valence-electron chi connectivity index (χ0n) is 12.0. The molecule has 0 saturated heterocycles. The molecule has 0 amide bonds. The van der Waals surface area contributed by atoms with Crippen molar-refractivity contribution in [3.63, 3.8) is 0 Å². The van der Waals surface area contributed by atoms with Crippen LogP contribution in [0.15, 0.2) is 49.1 Å². The zero-order chi connectivity index (χ0) is 13.7. The molecular formula is C16H20N4. The third-order valence-electron chi connectivity index (χ3n) is 4.62. The smallest absolute Gasteiger partial charge is 0.105 e. The largest absolute Gasteiger partial charge is 0.359 e. The molecule has 3 aliphatic heterocycles. The summed E-state index contributed by atoms with van der Waals surface area (Å²) in [7, 11) is 4.33. The van der Waals surface area contributed by atoms with Crippen molar-refractivity contribution in [3.8, 4) is 0 Å². The number of benzene rings is 1. The summed E-state index contributed by atoms with van der Waals surface area (Å²) in [6, 6.07) is 8.84. The van der Waals surface area contributed by atoms with Crippen LogP contribution in [0.4, 0.5) is 11.4 Å². The lowest BCUT2D eigenvalue weighted by Crippen LogP contribution is -2.40. The Bertz CT molecular complexity index is 532. The first-order valence-corrected chi connectivity index (χ1v) is 7.21. The Labute approximate surface area is 120 Å². The quantitative estimate of drug-likeness (QED) is 0.717. The van der Waals surface area contributed by atoms with Gasteiger partial charge in [0.25, 0.3) is 0 Å². The SMILES string of the molecule is CN1C=CN2c3cccc(c3)N3C=CN(C)C3CCC12. The summed E-state index contributed by atoms with van der Waals surface area (Å²) in [5, 5.41) is 0. The number of fused-ring (bicyclic) bond motifs is 6. The van der Waals surface area contributed by atoms with Gasteiger partial charge in [-0.3, -0.25) is 0 Å². The normalized spacial score (nSPS) is 27.3. The third-order valence-corrected chi connectivity index (χ3v) is 4.62. The van der Waals surface area contributed by atoms with Crippen molar-refractivity contribution < 1.29 is 0 Å². The first-order valence-electron chi connectivity index (χ1n) is 7.21. The van der Waals surface area contributed by atoms with E-state index in [1.165, 1.54) is 11.4 Å². The lowest BCUT2D eigenvalue weighted by atomic mass is 10.2. The number of nitrogens with zero attached hydrogens (tertiary/aromatic N) is 4. The molecule has 2 unspecified atom stereocenters. The predicted molar refractivity (Wildman–Crippen MR) is 82.0 cm³/mol. The van der Waals surface area contributed by atoms with Crippen molar-refractivity contribution >= 4 is 11.4 Å². The van der Waals surface area contributed by atoms with Gasteiger partial charge < -0.3 is 19.6 Å². The first kappa shape index (κ1) is 11.7. The highest BCUT2D eigenvalue weighted by atomic mass is 15.4. The van der Waals surface area contributed by atoms with Crippen LogP contribution in [0.2, 0.25) is 0 Å². The van der Waals surface area contributed by atoms with Gasteiger partial charge in [-0.05, 0) is 31.0 Å². The molecule has 0 spiro atoms. The minimum atomic E-state index is 0.430. The van der Waals surface area contributed by atoms with Crippen LogP contribution >= 0.6 is 0 Å². The molecule has 3 aliphatic rings. The molecule has 0 saturated carbocycles. The molecule has 4 rings (SSSR count). The Morgan fingerprint density at radius 2 is 1.30 bits per heavy atom. The number of hydrogen-bond acceptors (Lipinski definition) is 4. The van der Waals surface area contributed by atoms with Crippen LogP contribution in [0, 0.1) is 0 Å². The Morgan fingerprint density at radius 3 is 1.80 bits per heavy atom. The summed E-state index contributed by atoms with van der Waals surface area (Å²) < 4.78 is 0. The van der Waals surface area contributed by atoms with E-state index in [1.807, 2.05) is 0 Å². The summed E-state index contributed by atoms with van der Waals surface area (Å²) >= 11 is 0. The third kappa shape index (κ3) is 1.60. The Kier molecular flexibility index (Phi) is 2.46. The van der Waals surface area contributed by atoms with Gasteiger partial charge in [0, 0.05) is 50.3 Å². The number of anilines is 2. The standard InChI is InChI=1S/C16H20N4/c1-17-8-10-19-13-4-3-5-14(12-13)20-11-9-18(2)16(20)7-6-15(17)19/h3-5,8-12,15-16H,6-7H2,1-2H3. The molecule has 1 aromatic carbocycles. The molecule has 3 heterocycles. The highest BCUT2D eigenvalue weighted by Crippen LogP contribution is 2.35. The molecular weight excluding hydrogens is 248 g/mol. The van der Waals surface area contributed by atoms with Gasteiger partial charge in [-0.25, -0.2) is 0 Å². The average molecular weight is 268 g/mol. The van der Waals surface area contributed by atoms with Crippen molar-refractivity contribution in [2.45, 2.75) is 25.2 Å². The molecule has 1 aromatic rings. The van der Waals surface area contributed by atoms with Crippen molar-refractivity contribution in [3.05, 3.63) is 49.1 Å². The van der Waals surface area contributed by atoms with Gasteiger partial charge in [-0.1, -0.05) is 6.07 Å². The van der Waals surface area contributed by atoms with Crippen LogP contribution in [0.3, 0.4) is 0 Å². The summed E-state index contributed by atoms with van der Waals surface area (Å²) in [5.41, 5.74) is 2.55. The van der Waals surface area contributed by atoms with Crippen LogP contribution in [-0.4, -0.2) is 36.2 Å². The lowest BCUT2D eigenvalue weighted by Gasteiger charge is -2.32. The maximum Gasteiger partial charge on any atom is 0.105 e. The van der Waals surface area contributed by atoms with Crippen LogP contribution in [0.25, 0.3) is 0 Å². The summed E-state index contributed by atoms with van der Waals surface area (Å²) in [6.07, 6.45) is 11.9. The molecule has 4 heteroatoms. The van der Waals surface area contributed by atoms with E-state index < -0.39 is 0 Å². The van der Waals surface area contributed by atoms with E-state index in [0.29, 0.717) is 12.3 Å².